The van der Waals surface area contributed by atoms with E-state index in [1.807, 2.05) is 24.3 Å². The number of halogens is 2. The molecular formula is C20H19Cl2N7O2. The topological polar surface area (TPSA) is 106 Å². The van der Waals surface area contributed by atoms with Crippen LogP contribution in [0.25, 0.3) is 0 Å². The van der Waals surface area contributed by atoms with Gasteiger partial charge in [-0.15, -0.1) is 5.10 Å². The summed E-state index contributed by atoms with van der Waals surface area (Å²) in [5.41, 5.74) is 2.28. The fourth-order valence-electron chi connectivity index (χ4n) is 3.61. The number of rotatable bonds is 5. The van der Waals surface area contributed by atoms with Gasteiger partial charge in [0.2, 0.25) is 5.91 Å². The number of nitrogens with one attached hydrogen (secondary N) is 1. The molecule has 1 N–H and O–H groups in total. The van der Waals surface area contributed by atoms with Gasteiger partial charge in [-0.2, -0.15) is 0 Å². The molecule has 4 rings (SSSR count). The van der Waals surface area contributed by atoms with Crippen LogP contribution in [0.15, 0.2) is 43.0 Å². The van der Waals surface area contributed by atoms with E-state index in [2.05, 4.69) is 25.8 Å². The maximum Gasteiger partial charge on any atom is 0.257 e. The minimum Gasteiger partial charge on any atom is -0.347 e. The fraction of sp³-hybridized carbons (Fsp3) is 0.300. The van der Waals surface area contributed by atoms with Gasteiger partial charge < -0.3 is 10.2 Å². The molecule has 160 valence electrons. The van der Waals surface area contributed by atoms with Crippen molar-refractivity contribution in [2.45, 2.75) is 25.4 Å². The van der Waals surface area contributed by atoms with Crippen LogP contribution in [0.5, 0.6) is 0 Å². The van der Waals surface area contributed by atoms with Crippen LogP contribution in [-0.4, -0.2) is 55.0 Å². The number of nitrogens with zero attached hydrogens (tertiary/aromatic N) is 6. The molecule has 1 aromatic carbocycles. The van der Waals surface area contributed by atoms with E-state index in [0.29, 0.717) is 26.1 Å². The summed E-state index contributed by atoms with van der Waals surface area (Å²) in [6, 6.07) is 7.48. The van der Waals surface area contributed by atoms with E-state index in [0.717, 1.165) is 11.1 Å². The van der Waals surface area contributed by atoms with Crippen LogP contribution in [0.4, 0.5) is 0 Å². The quantitative estimate of drug-likeness (QED) is 0.627. The summed E-state index contributed by atoms with van der Waals surface area (Å²) in [5, 5.41) is 14.3. The molecule has 2 amide bonds. The van der Waals surface area contributed by atoms with E-state index in [1.165, 1.54) is 23.4 Å². The zero-order valence-electron chi connectivity index (χ0n) is 16.4. The first-order valence-electron chi connectivity index (χ1n) is 9.69. The highest BCUT2D eigenvalue weighted by Gasteiger charge is 2.29. The van der Waals surface area contributed by atoms with Gasteiger partial charge >= 0.3 is 0 Å². The Hall–Kier alpha value is -3.04. The highest BCUT2D eigenvalue weighted by atomic mass is 35.5. The van der Waals surface area contributed by atoms with Crippen LogP contribution < -0.4 is 5.32 Å². The molecule has 1 atom stereocenters. The van der Waals surface area contributed by atoms with Crippen molar-refractivity contribution in [3.63, 3.8) is 0 Å². The molecule has 1 aliphatic heterocycles. The van der Waals surface area contributed by atoms with Gasteiger partial charge in [-0.3, -0.25) is 14.6 Å². The number of hydrogen-bond donors (Lipinski definition) is 1. The maximum atomic E-state index is 13.2. The number of fused-ring (bicyclic) bond motifs is 1. The van der Waals surface area contributed by atoms with E-state index in [9.17, 15) is 9.59 Å². The summed E-state index contributed by atoms with van der Waals surface area (Å²) in [6.45, 7) is 1.13. The summed E-state index contributed by atoms with van der Waals surface area (Å²) >= 11 is 12.4. The number of carbonyl (C=O) groups is 2. The Balaban J connectivity index is 1.54. The summed E-state index contributed by atoms with van der Waals surface area (Å²) in [7, 11) is 0. The Morgan fingerprint density at radius 3 is 2.68 bits per heavy atom. The van der Waals surface area contributed by atoms with Crippen molar-refractivity contribution < 1.29 is 9.59 Å². The van der Waals surface area contributed by atoms with Gasteiger partial charge in [0.1, 0.15) is 6.33 Å². The molecule has 0 saturated heterocycles. The van der Waals surface area contributed by atoms with E-state index in [1.54, 1.807) is 4.90 Å². The minimum absolute atomic E-state index is 0.162. The van der Waals surface area contributed by atoms with Crippen molar-refractivity contribution in [3.8, 4) is 0 Å². The second-order valence-electron chi connectivity index (χ2n) is 7.12. The van der Waals surface area contributed by atoms with Gasteiger partial charge in [0.25, 0.3) is 5.91 Å². The van der Waals surface area contributed by atoms with E-state index < -0.39 is 0 Å². The summed E-state index contributed by atoms with van der Waals surface area (Å²) in [5.74, 6) is -0.456. The van der Waals surface area contributed by atoms with Gasteiger partial charge in [0, 0.05) is 31.9 Å². The highest BCUT2D eigenvalue weighted by Crippen LogP contribution is 2.28. The molecule has 1 aliphatic rings. The maximum absolute atomic E-state index is 13.2. The van der Waals surface area contributed by atoms with Crippen molar-refractivity contribution in [1.29, 1.82) is 0 Å². The van der Waals surface area contributed by atoms with E-state index in [-0.39, 0.29) is 39.9 Å². The lowest BCUT2D eigenvalue weighted by Gasteiger charge is -2.26. The predicted octanol–water partition coefficient (Wildman–Crippen LogP) is 2.32. The standard InChI is InChI=1S/C20H19Cl2N7O2/c21-15-9-23-10-16(22)19(15)20(31)28-7-5-13-3-1-2-4-14(13)17(11-28)25-18(30)6-8-29-12-24-26-27-29/h1-4,9-10,12,17H,5-8,11H2,(H,25,30). The summed E-state index contributed by atoms with van der Waals surface area (Å²) in [4.78, 5) is 31.5. The van der Waals surface area contributed by atoms with Gasteiger partial charge in [-0.05, 0) is 28.0 Å². The fourth-order valence-corrected chi connectivity index (χ4v) is 4.14. The molecule has 9 nitrogen and oxygen atoms in total. The monoisotopic (exact) mass is 459 g/mol. The lowest BCUT2D eigenvalue weighted by Crippen LogP contribution is -2.40. The third-order valence-corrected chi connectivity index (χ3v) is 5.71. The van der Waals surface area contributed by atoms with Crippen molar-refractivity contribution in [2.24, 2.45) is 0 Å². The number of aryl methyl sites for hydroxylation is 1. The van der Waals surface area contributed by atoms with E-state index >= 15 is 0 Å². The van der Waals surface area contributed by atoms with Gasteiger partial charge in [-0.25, -0.2) is 4.68 Å². The molecule has 0 spiro atoms. The van der Waals surface area contributed by atoms with Crippen molar-refractivity contribution in [1.82, 2.24) is 35.4 Å². The van der Waals surface area contributed by atoms with Gasteiger partial charge in [0.05, 0.1) is 28.2 Å². The lowest BCUT2D eigenvalue weighted by molar-refractivity contribution is -0.122. The molecule has 0 aliphatic carbocycles. The Labute approximate surface area is 188 Å². The smallest absolute Gasteiger partial charge is 0.257 e. The number of amides is 2. The number of hydrogen-bond acceptors (Lipinski definition) is 6. The molecule has 31 heavy (non-hydrogen) atoms. The minimum atomic E-state index is -0.372. The third-order valence-electron chi connectivity index (χ3n) is 5.13. The molecule has 3 aromatic rings. The third kappa shape index (κ3) is 4.83. The Morgan fingerprint density at radius 1 is 1.16 bits per heavy atom. The van der Waals surface area contributed by atoms with Crippen LogP contribution in [0.2, 0.25) is 10.0 Å². The lowest BCUT2D eigenvalue weighted by atomic mass is 9.99. The molecule has 1 unspecified atom stereocenters. The van der Waals surface area contributed by atoms with Crippen LogP contribution >= 0.6 is 23.2 Å². The molecule has 11 heteroatoms. The summed E-state index contributed by atoms with van der Waals surface area (Å²) in [6.07, 6.45) is 5.10. The number of carbonyl (C=O) groups excluding carboxylic acids is 2. The zero-order chi connectivity index (χ0) is 21.8. The molecule has 0 saturated carbocycles. The Bertz CT molecular complexity index is 1070. The normalized spacial score (nSPS) is 15.8. The molecule has 0 radical (unpaired) electrons. The largest absolute Gasteiger partial charge is 0.347 e. The molecule has 3 heterocycles. The predicted molar refractivity (Wildman–Crippen MR) is 114 cm³/mol. The molecule has 0 fully saturated rings. The van der Waals surface area contributed by atoms with Crippen LogP contribution in [0.1, 0.15) is 33.9 Å². The summed E-state index contributed by atoms with van der Waals surface area (Å²) < 4.78 is 1.49. The second-order valence-corrected chi connectivity index (χ2v) is 7.94. The van der Waals surface area contributed by atoms with Gasteiger partial charge in [0.15, 0.2) is 0 Å². The van der Waals surface area contributed by atoms with Crippen molar-refractivity contribution in [2.75, 3.05) is 13.1 Å². The van der Waals surface area contributed by atoms with Crippen molar-refractivity contribution in [3.05, 3.63) is 69.7 Å². The SMILES string of the molecule is O=C(CCn1cnnn1)NC1CN(C(=O)c2c(Cl)cncc2Cl)CCc2ccccc21. The number of benzene rings is 1. The molecule has 2 aromatic heterocycles. The van der Waals surface area contributed by atoms with Gasteiger partial charge in [-0.1, -0.05) is 47.5 Å². The average Bonchev–Trinajstić information content (AvgIpc) is 3.21. The Morgan fingerprint density at radius 2 is 1.94 bits per heavy atom. The first-order valence-corrected chi connectivity index (χ1v) is 10.4. The average molecular weight is 460 g/mol. The van der Waals surface area contributed by atoms with E-state index in [4.69, 9.17) is 23.2 Å². The number of pyridine rings is 1. The number of aromatic nitrogens is 5. The van der Waals surface area contributed by atoms with Crippen LogP contribution in [0.3, 0.4) is 0 Å². The second kappa shape index (κ2) is 9.40. The molecular weight excluding hydrogens is 441 g/mol. The van der Waals surface area contributed by atoms with Crippen LogP contribution in [0, 0.1) is 0 Å². The highest BCUT2D eigenvalue weighted by molar-refractivity contribution is 6.39. The zero-order valence-corrected chi connectivity index (χ0v) is 17.9. The Kier molecular flexibility index (Phi) is 6.43. The van der Waals surface area contributed by atoms with Crippen molar-refractivity contribution >= 4 is 35.0 Å². The first-order chi connectivity index (χ1) is 15.0. The molecule has 0 bridgehead atoms. The van der Waals surface area contributed by atoms with Crippen LogP contribution in [-0.2, 0) is 17.8 Å². The first kappa shape index (κ1) is 21.2. The number of tetrazole rings is 1.